The number of fused-ring (bicyclic) bond motifs is 1. The molecule has 140 valence electrons. The highest BCUT2D eigenvalue weighted by Crippen LogP contribution is 2.38. The first kappa shape index (κ1) is 18.8. The molecule has 0 spiro atoms. The first-order valence-electron chi connectivity index (χ1n) is 8.06. The maximum absolute atomic E-state index is 12.6. The molecular formula is C19H17NO6S. The Labute approximate surface area is 155 Å². The van der Waals surface area contributed by atoms with Gasteiger partial charge >= 0.3 is 5.63 Å². The van der Waals surface area contributed by atoms with Crippen LogP contribution in [0.4, 0.5) is 0 Å². The van der Waals surface area contributed by atoms with Gasteiger partial charge in [-0.1, -0.05) is 36.4 Å². The van der Waals surface area contributed by atoms with Crippen LogP contribution >= 0.6 is 0 Å². The number of Topliss-reactive ketones (excluding diaryl/α,β-unsaturated/α-hetero) is 1. The molecule has 0 amide bonds. The van der Waals surface area contributed by atoms with Crippen LogP contribution in [0.3, 0.4) is 0 Å². The summed E-state index contributed by atoms with van der Waals surface area (Å²) in [6.45, 7) is 1.37. The van der Waals surface area contributed by atoms with E-state index in [1.165, 1.54) is 25.1 Å². The summed E-state index contributed by atoms with van der Waals surface area (Å²) < 4.78 is 29.1. The Morgan fingerprint density at radius 3 is 2.41 bits per heavy atom. The molecule has 0 saturated carbocycles. The van der Waals surface area contributed by atoms with Gasteiger partial charge in [-0.3, -0.25) is 4.79 Å². The van der Waals surface area contributed by atoms with Crippen molar-refractivity contribution in [2.75, 3.05) is 0 Å². The Morgan fingerprint density at radius 1 is 1.15 bits per heavy atom. The number of aromatic hydroxyl groups is 1. The van der Waals surface area contributed by atoms with E-state index in [2.05, 4.69) is 0 Å². The van der Waals surface area contributed by atoms with Crippen molar-refractivity contribution in [1.82, 2.24) is 0 Å². The van der Waals surface area contributed by atoms with E-state index in [9.17, 15) is 23.1 Å². The van der Waals surface area contributed by atoms with Crippen LogP contribution < -0.4 is 10.8 Å². The molecule has 8 heteroatoms. The van der Waals surface area contributed by atoms with E-state index < -0.39 is 27.3 Å². The molecule has 1 aromatic heterocycles. The van der Waals surface area contributed by atoms with E-state index in [0.29, 0.717) is 5.56 Å². The third kappa shape index (κ3) is 3.62. The summed E-state index contributed by atoms with van der Waals surface area (Å²) in [5.41, 5.74) is -0.521. The number of hydrogen-bond acceptors (Lipinski definition) is 6. The molecule has 2 aromatic carbocycles. The lowest BCUT2D eigenvalue weighted by Gasteiger charge is -2.18. The normalized spacial score (nSPS) is 12.8. The molecular weight excluding hydrogens is 370 g/mol. The van der Waals surface area contributed by atoms with E-state index in [0.717, 1.165) is 0 Å². The lowest BCUT2D eigenvalue weighted by Crippen LogP contribution is -2.18. The molecule has 0 aliphatic rings. The molecule has 3 aromatic rings. The highest BCUT2D eigenvalue weighted by Gasteiger charge is 2.28. The molecule has 3 N–H and O–H groups in total. The van der Waals surface area contributed by atoms with Crippen molar-refractivity contribution >= 4 is 26.8 Å². The van der Waals surface area contributed by atoms with Crippen molar-refractivity contribution in [2.24, 2.45) is 5.14 Å². The third-order valence-electron chi connectivity index (χ3n) is 4.25. The number of nitrogens with two attached hydrogens (primary N) is 1. The second kappa shape index (κ2) is 6.98. The highest BCUT2D eigenvalue weighted by molar-refractivity contribution is 7.89. The topological polar surface area (TPSA) is 128 Å². The standard InChI is InChI=1S/C19H17NO6S/c1-11(21)10-13(12-6-3-2-4-7-12)16-18(22)17-14(26-19(16)23)8-5-9-15(17)27(20,24)25/h2-9,13,22H,10H2,1H3,(H2,20,24,25). The first-order chi connectivity index (χ1) is 12.7. The van der Waals surface area contributed by atoms with E-state index in [1.807, 2.05) is 0 Å². The summed E-state index contributed by atoms with van der Waals surface area (Å²) in [4.78, 5) is 24.0. The summed E-state index contributed by atoms with van der Waals surface area (Å²) in [5, 5.41) is 15.9. The number of primary sulfonamides is 1. The summed E-state index contributed by atoms with van der Waals surface area (Å²) in [6.07, 6.45) is -0.0641. The molecule has 0 radical (unpaired) electrons. The van der Waals surface area contributed by atoms with Crippen LogP contribution in [0.1, 0.15) is 30.4 Å². The Kier molecular flexibility index (Phi) is 4.86. The highest BCUT2D eigenvalue weighted by atomic mass is 32.2. The smallest absolute Gasteiger partial charge is 0.343 e. The molecule has 3 rings (SSSR count). The van der Waals surface area contributed by atoms with Crippen LogP contribution in [-0.4, -0.2) is 19.3 Å². The fraction of sp³-hybridized carbons (Fsp3) is 0.158. The maximum Gasteiger partial charge on any atom is 0.343 e. The van der Waals surface area contributed by atoms with Crippen molar-refractivity contribution in [3.8, 4) is 5.75 Å². The molecule has 1 unspecified atom stereocenters. The molecule has 1 atom stereocenters. The van der Waals surface area contributed by atoms with Gasteiger partial charge in [-0.15, -0.1) is 0 Å². The van der Waals surface area contributed by atoms with Gasteiger partial charge in [0.15, 0.2) is 0 Å². The Morgan fingerprint density at radius 2 is 1.81 bits per heavy atom. The SMILES string of the molecule is CC(=O)CC(c1ccccc1)c1c(O)c2c(S(N)(=O)=O)cccc2oc1=O. The molecule has 0 aliphatic carbocycles. The van der Waals surface area contributed by atoms with E-state index in [4.69, 9.17) is 9.56 Å². The Bertz CT molecular complexity index is 1180. The van der Waals surface area contributed by atoms with Gasteiger partial charge in [-0.2, -0.15) is 0 Å². The lowest BCUT2D eigenvalue weighted by atomic mass is 9.87. The monoisotopic (exact) mass is 387 g/mol. The van der Waals surface area contributed by atoms with Crippen molar-refractivity contribution in [3.05, 3.63) is 70.1 Å². The molecule has 0 saturated heterocycles. The van der Waals surface area contributed by atoms with Gasteiger partial charge in [0.1, 0.15) is 17.1 Å². The van der Waals surface area contributed by atoms with Gasteiger partial charge in [-0.25, -0.2) is 18.4 Å². The van der Waals surface area contributed by atoms with Crippen LogP contribution in [0.25, 0.3) is 11.0 Å². The zero-order chi connectivity index (χ0) is 19.8. The fourth-order valence-electron chi connectivity index (χ4n) is 3.12. The van der Waals surface area contributed by atoms with E-state index >= 15 is 0 Å². The van der Waals surface area contributed by atoms with Gasteiger partial charge < -0.3 is 9.52 Å². The lowest BCUT2D eigenvalue weighted by molar-refractivity contribution is -0.117. The van der Waals surface area contributed by atoms with Crippen LogP contribution in [0.5, 0.6) is 5.75 Å². The first-order valence-corrected chi connectivity index (χ1v) is 9.60. The van der Waals surface area contributed by atoms with Crippen molar-refractivity contribution in [3.63, 3.8) is 0 Å². The zero-order valence-electron chi connectivity index (χ0n) is 14.4. The summed E-state index contributed by atoms with van der Waals surface area (Å²) >= 11 is 0. The van der Waals surface area contributed by atoms with Gasteiger partial charge in [0.05, 0.1) is 15.8 Å². The summed E-state index contributed by atoms with van der Waals surface area (Å²) in [6, 6.07) is 12.6. The number of ketones is 1. The van der Waals surface area contributed by atoms with Crippen LogP contribution in [0, 0.1) is 0 Å². The summed E-state index contributed by atoms with van der Waals surface area (Å²) in [5.74, 6) is -1.55. The minimum absolute atomic E-state index is 0.0641. The molecule has 0 aliphatic heterocycles. The van der Waals surface area contributed by atoms with E-state index in [1.54, 1.807) is 30.3 Å². The average molecular weight is 387 g/mol. The Balaban J connectivity index is 2.39. The van der Waals surface area contributed by atoms with Crippen molar-refractivity contribution in [1.29, 1.82) is 0 Å². The Hall–Kier alpha value is -2.97. The van der Waals surface area contributed by atoms with Crippen LogP contribution in [-0.2, 0) is 14.8 Å². The predicted octanol–water partition coefficient (Wildman–Crippen LogP) is 2.26. The maximum atomic E-state index is 12.6. The van der Waals surface area contributed by atoms with E-state index in [-0.39, 0.29) is 33.6 Å². The third-order valence-corrected chi connectivity index (χ3v) is 5.20. The number of carbonyl (C=O) groups excluding carboxylic acids is 1. The van der Waals surface area contributed by atoms with Crippen LogP contribution in [0.2, 0.25) is 0 Å². The predicted molar refractivity (Wildman–Crippen MR) is 99.1 cm³/mol. The van der Waals surface area contributed by atoms with Gasteiger partial charge in [-0.05, 0) is 24.6 Å². The molecule has 27 heavy (non-hydrogen) atoms. The minimum Gasteiger partial charge on any atom is -0.507 e. The number of sulfonamides is 1. The largest absolute Gasteiger partial charge is 0.507 e. The molecule has 0 bridgehead atoms. The minimum atomic E-state index is -4.18. The number of hydrogen-bond donors (Lipinski definition) is 2. The second-order valence-electron chi connectivity index (χ2n) is 6.20. The fourth-order valence-corrected chi connectivity index (χ4v) is 3.87. The van der Waals surface area contributed by atoms with Gasteiger partial charge in [0.25, 0.3) is 0 Å². The van der Waals surface area contributed by atoms with Crippen molar-refractivity contribution < 1.29 is 22.7 Å². The van der Waals surface area contributed by atoms with Crippen molar-refractivity contribution in [2.45, 2.75) is 24.2 Å². The molecule has 1 heterocycles. The van der Waals surface area contributed by atoms with Gasteiger partial charge in [0, 0.05) is 12.3 Å². The number of rotatable bonds is 5. The second-order valence-corrected chi connectivity index (χ2v) is 7.73. The van der Waals surface area contributed by atoms with Gasteiger partial charge in [0.2, 0.25) is 10.0 Å². The molecule has 0 fully saturated rings. The average Bonchev–Trinajstić information content (AvgIpc) is 2.60. The number of benzene rings is 2. The zero-order valence-corrected chi connectivity index (χ0v) is 15.2. The molecule has 7 nitrogen and oxygen atoms in total. The number of carbonyl (C=O) groups is 1. The van der Waals surface area contributed by atoms with Crippen LogP contribution in [0.15, 0.2) is 62.6 Å². The summed E-state index contributed by atoms with van der Waals surface area (Å²) in [7, 11) is -4.18. The quantitative estimate of drug-likeness (QED) is 0.646.